The van der Waals surface area contributed by atoms with E-state index >= 15 is 0 Å². The highest BCUT2D eigenvalue weighted by atomic mass is 32.2. The Morgan fingerprint density at radius 1 is 1.33 bits per heavy atom. The minimum Gasteiger partial charge on any atom is -0.465 e. The van der Waals surface area contributed by atoms with Crippen LogP contribution in [0.4, 0.5) is 0 Å². The van der Waals surface area contributed by atoms with Crippen LogP contribution < -0.4 is 0 Å². The second kappa shape index (κ2) is 6.79. The molecule has 0 saturated heterocycles. The fraction of sp³-hybridized carbons (Fsp3) is 0.889. The summed E-state index contributed by atoms with van der Waals surface area (Å²) in [6.45, 7) is 4.18. The maximum Gasteiger partial charge on any atom is 0.320 e. The maximum absolute atomic E-state index is 11.2. The molecule has 90 valence electrons. The number of hydrogen-bond acceptors (Lipinski definition) is 5. The lowest BCUT2D eigenvalue weighted by atomic mass is 10.5. The Hall–Kier alpha value is -0.620. The molecule has 0 amide bonds. The van der Waals surface area contributed by atoms with Crippen molar-refractivity contribution in [2.45, 2.75) is 13.8 Å². The molecule has 0 fully saturated rings. The van der Waals surface area contributed by atoms with Gasteiger partial charge in [-0.25, -0.2) is 8.42 Å². The highest BCUT2D eigenvalue weighted by molar-refractivity contribution is 7.91. The summed E-state index contributed by atoms with van der Waals surface area (Å²) in [6, 6.07) is 0. The molecule has 0 spiro atoms. The zero-order chi connectivity index (χ0) is 11.9. The van der Waals surface area contributed by atoms with E-state index in [1.807, 2.05) is 0 Å². The number of ether oxygens (including phenoxy) is 1. The smallest absolute Gasteiger partial charge is 0.320 e. The molecule has 0 unspecified atom stereocenters. The number of hydrogen-bond donors (Lipinski definition) is 0. The lowest BCUT2D eigenvalue weighted by molar-refractivity contribution is -0.144. The largest absolute Gasteiger partial charge is 0.465 e. The first-order valence-electron chi connectivity index (χ1n) is 4.96. The Morgan fingerprint density at radius 2 is 1.93 bits per heavy atom. The van der Waals surface area contributed by atoms with Gasteiger partial charge in [-0.1, -0.05) is 6.92 Å². The van der Waals surface area contributed by atoms with E-state index in [0.717, 1.165) is 0 Å². The van der Waals surface area contributed by atoms with E-state index in [0.29, 0.717) is 13.2 Å². The van der Waals surface area contributed by atoms with Crippen molar-refractivity contribution < 1.29 is 17.9 Å². The molecule has 0 heterocycles. The van der Waals surface area contributed by atoms with Crippen LogP contribution >= 0.6 is 0 Å². The summed E-state index contributed by atoms with van der Waals surface area (Å²) < 4.78 is 27.1. The molecule has 0 rings (SSSR count). The monoisotopic (exact) mass is 237 g/mol. The zero-order valence-electron chi connectivity index (χ0n) is 9.52. The third-order valence-electron chi connectivity index (χ3n) is 1.93. The van der Waals surface area contributed by atoms with E-state index in [1.54, 1.807) is 25.8 Å². The summed E-state index contributed by atoms with van der Waals surface area (Å²) in [4.78, 5) is 12.7. The van der Waals surface area contributed by atoms with E-state index in [9.17, 15) is 13.2 Å². The summed E-state index contributed by atoms with van der Waals surface area (Å²) in [5, 5.41) is 0. The van der Waals surface area contributed by atoms with Gasteiger partial charge in [0.1, 0.15) is 0 Å². The minimum atomic E-state index is -2.96. The van der Waals surface area contributed by atoms with E-state index in [1.165, 1.54) is 0 Å². The van der Waals surface area contributed by atoms with Crippen LogP contribution in [-0.4, -0.2) is 57.5 Å². The Labute approximate surface area is 91.3 Å². The molecular formula is C9H19NO4S. The van der Waals surface area contributed by atoms with Gasteiger partial charge in [-0.15, -0.1) is 0 Å². The van der Waals surface area contributed by atoms with Crippen LogP contribution in [0.15, 0.2) is 0 Å². The van der Waals surface area contributed by atoms with Crippen molar-refractivity contribution in [2.75, 3.05) is 38.2 Å². The van der Waals surface area contributed by atoms with Crippen molar-refractivity contribution in [2.24, 2.45) is 0 Å². The molecule has 0 atom stereocenters. The number of nitrogens with zero attached hydrogens (tertiary/aromatic N) is 1. The Bertz CT molecular complexity index is 286. The normalized spacial score (nSPS) is 11.7. The van der Waals surface area contributed by atoms with E-state index in [4.69, 9.17) is 4.74 Å². The predicted molar refractivity (Wildman–Crippen MR) is 58.5 cm³/mol. The Kier molecular flexibility index (Phi) is 6.51. The molecule has 0 N–H and O–H groups in total. The molecule has 0 radical (unpaired) electrons. The molecule has 0 aliphatic rings. The summed E-state index contributed by atoms with van der Waals surface area (Å²) in [7, 11) is -1.26. The van der Waals surface area contributed by atoms with Gasteiger partial charge in [0.05, 0.1) is 18.9 Å². The number of carbonyl (C=O) groups is 1. The van der Waals surface area contributed by atoms with Crippen molar-refractivity contribution in [3.8, 4) is 0 Å². The van der Waals surface area contributed by atoms with Crippen molar-refractivity contribution in [1.29, 1.82) is 0 Å². The first-order valence-corrected chi connectivity index (χ1v) is 6.78. The lowest BCUT2D eigenvalue weighted by Gasteiger charge is -2.14. The van der Waals surface area contributed by atoms with E-state index in [-0.39, 0.29) is 24.0 Å². The SMILES string of the molecule is CCOC(=O)CN(C)CCS(=O)(=O)CC. The van der Waals surface area contributed by atoms with E-state index in [2.05, 4.69) is 0 Å². The standard InChI is InChI=1S/C9H19NO4S/c1-4-14-9(11)8-10(3)6-7-15(12,13)5-2/h4-8H2,1-3H3. The van der Waals surface area contributed by atoms with Crippen molar-refractivity contribution >= 4 is 15.8 Å². The van der Waals surface area contributed by atoms with Crippen molar-refractivity contribution in [3.63, 3.8) is 0 Å². The highest BCUT2D eigenvalue weighted by Crippen LogP contribution is 1.92. The van der Waals surface area contributed by atoms with Gasteiger partial charge < -0.3 is 4.74 Å². The fourth-order valence-corrected chi connectivity index (χ4v) is 1.82. The lowest BCUT2D eigenvalue weighted by Crippen LogP contribution is -2.32. The topological polar surface area (TPSA) is 63.7 Å². The van der Waals surface area contributed by atoms with Crippen LogP contribution in [0.1, 0.15) is 13.8 Å². The number of sulfone groups is 1. The number of rotatable bonds is 7. The molecule has 6 heteroatoms. The van der Waals surface area contributed by atoms with E-state index < -0.39 is 9.84 Å². The second-order valence-corrected chi connectivity index (χ2v) is 5.75. The van der Waals surface area contributed by atoms with Gasteiger partial charge in [-0.3, -0.25) is 9.69 Å². The molecule has 0 aromatic carbocycles. The average molecular weight is 237 g/mol. The minimum absolute atomic E-state index is 0.0827. The molecule has 0 aliphatic heterocycles. The van der Waals surface area contributed by atoms with Gasteiger partial charge in [0.2, 0.25) is 0 Å². The third-order valence-corrected chi connectivity index (χ3v) is 3.61. The number of carbonyl (C=O) groups excluding carboxylic acids is 1. The van der Waals surface area contributed by atoms with Gasteiger partial charge in [0.25, 0.3) is 0 Å². The predicted octanol–water partition coefficient (Wildman–Crippen LogP) is -0.0840. The first kappa shape index (κ1) is 14.4. The second-order valence-electron chi connectivity index (χ2n) is 3.28. The van der Waals surface area contributed by atoms with Crippen LogP contribution in [0.2, 0.25) is 0 Å². The Morgan fingerprint density at radius 3 is 2.40 bits per heavy atom. The molecule has 15 heavy (non-hydrogen) atoms. The summed E-state index contributed by atoms with van der Waals surface area (Å²) in [6.07, 6.45) is 0. The molecule has 5 nitrogen and oxygen atoms in total. The van der Waals surface area contributed by atoms with Crippen LogP contribution in [0.5, 0.6) is 0 Å². The average Bonchev–Trinajstić information content (AvgIpc) is 2.15. The van der Waals surface area contributed by atoms with Gasteiger partial charge in [0, 0.05) is 12.3 Å². The molecule has 0 aromatic rings. The van der Waals surface area contributed by atoms with Crippen molar-refractivity contribution in [1.82, 2.24) is 4.90 Å². The first-order chi connectivity index (χ1) is 6.91. The zero-order valence-corrected chi connectivity index (χ0v) is 10.3. The molecular weight excluding hydrogens is 218 g/mol. The van der Waals surface area contributed by atoms with Crippen LogP contribution in [0.25, 0.3) is 0 Å². The third kappa shape index (κ3) is 7.33. The molecule has 0 aromatic heterocycles. The highest BCUT2D eigenvalue weighted by Gasteiger charge is 2.11. The van der Waals surface area contributed by atoms with Crippen molar-refractivity contribution in [3.05, 3.63) is 0 Å². The Balaban J connectivity index is 3.85. The molecule has 0 saturated carbocycles. The molecule has 0 bridgehead atoms. The van der Waals surface area contributed by atoms with Gasteiger partial charge in [0.15, 0.2) is 9.84 Å². The van der Waals surface area contributed by atoms with Crippen LogP contribution in [0.3, 0.4) is 0 Å². The maximum atomic E-state index is 11.2. The summed E-state index contributed by atoms with van der Waals surface area (Å²) >= 11 is 0. The summed E-state index contributed by atoms with van der Waals surface area (Å²) in [5.74, 6) is -0.103. The molecule has 0 aliphatic carbocycles. The van der Waals surface area contributed by atoms with Crippen LogP contribution in [0, 0.1) is 0 Å². The van der Waals surface area contributed by atoms with Gasteiger partial charge in [-0.05, 0) is 14.0 Å². The summed E-state index contributed by atoms with van der Waals surface area (Å²) in [5.41, 5.74) is 0. The number of esters is 1. The fourth-order valence-electron chi connectivity index (χ4n) is 0.945. The number of likely N-dealkylation sites (N-methyl/N-ethyl adjacent to an activating group) is 1. The van der Waals surface area contributed by atoms with Gasteiger partial charge in [-0.2, -0.15) is 0 Å². The quantitative estimate of drug-likeness (QED) is 0.579. The van der Waals surface area contributed by atoms with Crippen LogP contribution in [-0.2, 0) is 19.4 Å². The van der Waals surface area contributed by atoms with Gasteiger partial charge >= 0.3 is 5.97 Å².